The Hall–Kier alpha value is -1.75. The lowest BCUT2D eigenvalue weighted by Gasteiger charge is -2.06. The van der Waals surface area contributed by atoms with Crippen molar-refractivity contribution in [3.63, 3.8) is 0 Å². The van der Waals surface area contributed by atoms with Crippen LogP contribution in [0.25, 0.3) is 0 Å². The maximum absolute atomic E-state index is 10.4. The SMILES string of the molecule is COc1ccc(CNCCNC(N)=O)cc1. The van der Waals surface area contributed by atoms with Gasteiger partial charge in [-0.2, -0.15) is 0 Å². The molecule has 0 saturated heterocycles. The van der Waals surface area contributed by atoms with Gasteiger partial charge in [-0.15, -0.1) is 0 Å². The molecular formula is C11H17N3O2. The Kier molecular flexibility index (Phi) is 5.15. The van der Waals surface area contributed by atoms with Gasteiger partial charge in [-0.25, -0.2) is 4.79 Å². The van der Waals surface area contributed by atoms with Crippen LogP contribution in [0.3, 0.4) is 0 Å². The molecule has 5 nitrogen and oxygen atoms in total. The number of hydrogen-bond acceptors (Lipinski definition) is 3. The summed E-state index contributed by atoms with van der Waals surface area (Å²) in [6.07, 6.45) is 0. The first-order valence-corrected chi connectivity index (χ1v) is 5.09. The van der Waals surface area contributed by atoms with Gasteiger partial charge in [0.2, 0.25) is 0 Å². The second kappa shape index (κ2) is 6.68. The van der Waals surface area contributed by atoms with Gasteiger partial charge in [0, 0.05) is 19.6 Å². The minimum atomic E-state index is -0.494. The molecule has 0 bridgehead atoms. The molecule has 0 heterocycles. The van der Waals surface area contributed by atoms with E-state index in [9.17, 15) is 4.79 Å². The molecule has 16 heavy (non-hydrogen) atoms. The molecule has 0 atom stereocenters. The maximum Gasteiger partial charge on any atom is 0.312 e. The number of hydrogen-bond donors (Lipinski definition) is 3. The molecular weight excluding hydrogens is 206 g/mol. The number of carbonyl (C=O) groups excluding carboxylic acids is 1. The summed E-state index contributed by atoms with van der Waals surface area (Å²) in [5.74, 6) is 0.846. The normalized spacial score (nSPS) is 9.81. The van der Waals surface area contributed by atoms with Gasteiger partial charge in [-0.1, -0.05) is 12.1 Å². The van der Waals surface area contributed by atoms with Gasteiger partial charge in [0.05, 0.1) is 7.11 Å². The minimum Gasteiger partial charge on any atom is -0.497 e. The highest BCUT2D eigenvalue weighted by atomic mass is 16.5. The molecule has 1 aromatic rings. The number of ether oxygens (including phenoxy) is 1. The third kappa shape index (κ3) is 4.65. The zero-order valence-corrected chi connectivity index (χ0v) is 9.32. The summed E-state index contributed by atoms with van der Waals surface area (Å²) in [4.78, 5) is 10.4. The number of rotatable bonds is 6. The largest absolute Gasteiger partial charge is 0.497 e. The van der Waals surface area contributed by atoms with Crippen LogP contribution >= 0.6 is 0 Å². The molecule has 0 fully saturated rings. The van der Waals surface area contributed by atoms with Crippen molar-refractivity contribution in [2.45, 2.75) is 6.54 Å². The van der Waals surface area contributed by atoms with E-state index in [0.29, 0.717) is 13.1 Å². The zero-order chi connectivity index (χ0) is 11.8. The predicted octanol–water partition coefficient (Wildman–Crippen LogP) is 0.453. The van der Waals surface area contributed by atoms with Crippen molar-refractivity contribution >= 4 is 6.03 Å². The number of methoxy groups -OCH3 is 1. The van der Waals surface area contributed by atoms with Crippen LogP contribution in [0.2, 0.25) is 0 Å². The van der Waals surface area contributed by atoms with E-state index in [1.165, 1.54) is 5.56 Å². The molecule has 0 saturated carbocycles. The van der Waals surface area contributed by atoms with Crippen molar-refractivity contribution in [1.82, 2.24) is 10.6 Å². The van der Waals surface area contributed by atoms with Crippen LogP contribution in [0, 0.1) is 0 Å². The summed E-state index contributed by atoms with van der Waals surface area (Å²) < 4.78 is 5.06. The number of nitrogens with one attached hydrogen (secondary N) is 2. The highest BCUT2D eigenvalue weighted by molar-refractivity contribution is 5.71. The second-order valence-corrected chi connectivity index (χ2v) is 3.32. The molecule has 2 amide bonds. The molecule has 1 aromatic carbocycles. The molecule has 0 spiro atoms. The topological polar surface area (TPSA) is 76.4 Å². The van der Waals surface area contributed by atoms with E-state index >= 15 is 0 Å². The fourth-order valence-corrected chi connectivity index (χ4v) is 1.25. The first kappa shape index (κ1) is 12.3. The van der Waals surface area contributed by atoms with Gasteiger partial charge in [-0.05, 0) is 17.7 Å². The number of carbonyl (C=O) groups is 1. The highest BCUT2D eigenvalue weighted by Crippen LogP contribution is 2.10. The monoisotopic (exact) mass is 223 g/mol. The number of nitrogens with two attached hydrogens (primary N) is 1. The van der Waals surface area contributed by atoms with Gasteiger partial charge < -0.3 is 21.1 Å². The van der Waals surface area contributed by atoms with Crippen molar-refractivity contribution in [3.05, 3.63) is 29.8 Å². The van der Waals surface area contributed by atoms with Crippen LogP contribution in [0.15, 0.2) is 24.3 Å². The smallest absolute Gasteiger partial charge is 0.312 e. The summed E-state index contributed by atoms with van der Waals surface area (Å²) in [5, 5.41) is 5.69. The fourth-order valence-electron chi connectivity index (χ4n) is 1.25. The van der Waals surface area contributed by atoms with E-state index in [4.69, 9.17) is 10.5 Å². The van der Waals surface area contributed by atoms with Crippen molar-refractivity contribution in [2.75, 3.05) is 20.2 Å². The van der Waals surface area contributed by atoms with E-state index in [1.807, 2.05) is 24.3 Å². The molecule has 1 rings (SSSR count). The Morgan fingerprint density at radius 2 is 2.00 bits per heavy atom. The van der Waals surface area contributed by atoms with Crippen molar-refractivity contribution in [2.24, 2.45) is 5.73 Å². The zero-order valence-electron chi connectivity index (χ0n) is 9.32. The summed E-state index contributed by atoms with van der Waals surface area (Å²) in [7, 11) is 1.64. The van der Waals surface area contributed by atoms with Crippen LogP contribution in [-0.2, 0) is 6.54 Å². The van der Waals surface area contributed by atoms with Crippen LogP contribution in [0.1, 0.15) is 5.56 Å². The first-order valence-electron chi connectivity index (χ1n) is 5.09. The molecule has 0 aliphatic carbocycles. The van der Waals surface area contributed by atoms with Crippen LogP contribution in [0.4, 0.5) is 4.79 Å². The molecule has 0 aliphatic heterocycles. The Bertz CT molecular complexity index is 325. The predicted molar refractivity (Wildman–Crippen MR) is 62.3 cm³/mol. The first-order chi connectivity index (χ1) is 7.72. The van der Waals surface area contributed by atoms with E-state index in [2.05, 4.69) is 10.6 Å². The molecule has 0 unspecified atom stereocenters. The molecule has 5 heteroatoms. The number of primary amides is 1. The van der Waals surface area contributed by atoms with Crippen molar-refractivity contribution in [3.8, 4) is 5.75 Å². The van der Waals surface area contributed by atoms with Gasteiger partial charge in [0.25, 0.3) is 0 Å². The quantitative estimate of drug-likeness (QED) is 0.613. The van der Waals surface area contributed by atoms with Crippen LogP contribution < -0.4 is 21.1 Å². The van der Waals surface area contributed by atoms with Crippen LogP contribution in [0.5, 0.6) is 5.75 Å². The highest BCUT2D eigenvalue weighted by Gasteiger charge is 1.94. The summed E-state index contributed by atoms with van der Waals surface area (Å²) in [5.41, 5.74) is 6.09. The molecule has 0 aromatic heterocycles. The number of amides is 2. The lowest BCUT2D eigenvalue weighted by Crippen LogP contribution is -2.35. The lowest BCUT2D eigenvalue weighted by molar-refractivity contribution is 0.249. The number of benzene rings is 1. The van der Waals surface area contributed by atoms with Crippen molar-refractivity contribution < 1.29 is 9.53 Å². The second-order valence-electron chi connectivity index (χ2n) is 3.32. The van der Waals surface area contributed by atoms with Gasteiger partial charge in [-0.3, -0.25) is 0 Å². The van der Waals surface area contributed by atoms with Gasteiger partial charge in [0.15, 0.2) is 0 Å². The average molecular weight is 223 g/mol. The van der Waals surface area contributed by atoms with Gasteiger partial charge in [0.1, 0.15) is 5.75 Å². The summed E-state index contributed by atoms with van der Waals surface area (Å²) in [6.45, 7) is 1.98. The minimum absolute atomic E-state index is 0.494. The standard InChI is InChI=1S/C11H17N3O2/c1-16-10-4-2-9(3-5-10)8-13-6-7-14-11(12)15/h2-5,13H,6-8H2,1H3,(H3,12,14,15). The molecule has 0 aliphatic rings. The van der Waals surface area contributed by atoms with E-state index in [0.717, 1.165) is 12.3 Å². The summed E-state index contributed by atoms with van der Waals surface area (Å²) in [6, 6.07) is 7.32. The maximum atomic E-state index is 10.4. The Labute approximate surface area is 95.0 Å². The van der Waals surface area contributed by atoms with E-state index < -0.39 is 6.03 Å². The molecule has 4 N–H and O–H groups in total. The Morgan fingerprint density at radius 3 is 2.56 bits per heavy atom. The van der Waals surface area contributed by atoms with E-state index in [1.54, 1.807) is 7.11 Å². The van der Waals surface area contributed by atoms with E-state index in [-0.39, 0.29) is 0 Å². The third-order valence-corrected chi connectivity index (χ3v) is 2.09. The Balaban J connectivity index is 2.19. The number of urea groups is 1. The Morgan fingerprint density at radius 1 is 1.31 bits per heavy atom. The van der Waals surface area contributed by atoms with Crippen molar-refractivity contribution in [1.29, 1.82) is 0 Å². The van der Waals surface area contributed by atoms with Gasteiger partial charge >= 0.3 is 6.03 Å². The summed E-state index contributed by atoms with van der Waals surface area (Å²) >= 11 is 0. The molecule has 0 radical (unpaired) electrons. The third-order valence-electron chi connectivity index (χ3n) is 2.09. The lowest BCUT2D eigenvalue weighted by atomic mass is 10.2. The molecule has 88 valence electrons. The van der Waals surface area contributed by atoms with Crippen LogP contribution in [-0.4, -0.2) is 26.2 Å². The average Bonchev–Trinajstić information content (AvgIpc) is 2.29. The fraction of sp³-hybridized carbons (Fsp3) is 0.364.